The molecule has 2 aliphatic carbocycles. The number of rotatable bonds is 1. The van der Waals surface area contributed by atoms with Crippen molar-refractivity contribution in [3.05, 3.63) is 29.3 Å². The van der Waals surface area contributed by atoms with Gasteiger partial charge in [-0.25, -0.2) is 0 Å². The van der Waals surface area contributed by atoms with Gasteiger partial charge >= 0.3 is 0 Å². The Morgan fingerprint density at radius 1 is 1.29 bits per heavy atom. The van der Waals surface area contributed by atoms with Gasteiger partial charge in [0.2, 0.25) is 5.91 Å². The van der Waals surface area contributed by atoms with Gasteiger partial charge in [0.05, 0.1) is 12.0 Å². The summed E-state index contributed by atoms with van der Waals surface area (Å²) >= 11 is 0. The number of carbonyl (C=O) groups is 2. The van der Waals surface area contributed by atoms with E-state index >= 15 is 0 Å². The van der Waals surface area contributed by atoms with Crippen molar-refractivity contribution in [3.63, 3.8) is 0 Å². The van der Waals surface area contributed by atoms with Gasteiger partial charge in [0.1, 0.15) is 11.4 Å². The summed E-state index contributed by atoms with van der Waals surface area (Å²) in [5.41, 5.74) is 1.37. The second-order valence-electron chi connectivity index (χ2n) is 8.05. The van der Waals surface area contributed by atoms with Gasteiger partial charge in [-0.3, -0.25) is 9.59 Å². The van der Waals surface area contributed by atoms with Gasteiger partial charge in [-0.1, -0.05) is 11.6 Å². The van der Waals surface area contributed by atoms with E-state index in [1.165, 1.54) is 0 Å². The summed E-state index contributed by atoms with van der Waals surface area (Å²) in [6.45, 7) is 3.81. The summed E-state index contributed by atoms with van der Waals surface area (Å²) in [6.07, 6.45) is 4.62. The zero-order chi connectivity index (χ0) is 16.5. The summed E-state index contributed by atoms with van der Waals surface area (Å²) in [4.78, 5) is 27.6. The summed E-state index contributed by atoms with van der Waals surface area (Å²) in [6, 6.07) is 5.85. The number of hydrogen-bond donors (Lipinski definition) is 0. The van der Waals surface area contributed by atoms with Crippen LogP contribution in [-0.4, -0.2) is 35.3 Å². The van der Waals surface area contributed by atoms with Gasteiger partial charge in [0.15, 0.2) is 5.78 Å². The molecule has 4 aliphatic rings. The molecule has 0 aromatic heterocycles. The van der Waals surface area contributed by atoms with Crippen LogP contribution in [0.1, 0.15) is 48.0 Å². The van der Waals surface area contributed by atoms with Crippen molar-refractivity contribution >= 4 is 11.7 Å². The predicted molar refractivity (Wildman–Crippen MR) is 89.0 cm³/mol. The largest absolute Gasteiger partial charge is 0.486 e. The molecule has 2 heterocycles. The van der Waals surface area contributed by atoms with Crippen LogP contribution < -0.4 is 4.74 Å². The zero-order valence-corrected chi connectivity index (χ0v) is 14.1. The van der Waals surface area contributed by atoms with E-state index in [0.29, 0.717) is 23.8 Å². The molecule has 24 heavy (non-hydrogen) atoms. The van der Waals surface area contributed by atoms with Gasteiger partial charge in [-0.15, -0.1) is 0 Å². The van der Waals surface area contributed by atoms with Gasteiger partial charge in [0, 0.05) is 24.9 Å². The molecule has 0 radical (unpaired) electrons. The minimum atomic E-state index is -0.427. The number of Topliss-reactive ketones (excluding diaryl/α,β-unsaturated/α-hetero) is 1. The number of ketones is 1. The number of likely N-dealkylation sites (tertiary alicyclic amines) is 1. The van der Waals surface area contributed by atoms with Gasteiger partial charge < -0.3 is 9.64 Å². The first kappa shape index (κ1) is 14.5. The Morgan fingerprint density at radius 3 is 2.88 bits per heavy atom. The molecule has 1 spiro atoms. The van der Waals surface area contributed by atoms with Crippen molar-refractivity contribution in [1.29, 1.82) is 0 Å². The number of hydrogen-bond acceptors (Lipinski definition) is 3. The third-order valence-corrected chi connectivity index (χ3v) is 6.59. The van der Waals surface area contributed by atoms with E-state index in [2.05, 4.69) is 0 Å². The van der Waals surface area contributed by atoms with Gasteiger partial charge in [-0.2, -0.15) is 0 Å². The molecule has 5 rings (SSSR count). The molecule has 2 aliphatic heterocycles. The Labute approximate surface area is 142 Å². The van der Waals surface area contributed by atoms with E-state index in [1.807, 2.05) is 30.0 Å². The van der Waals surface area contributed by atoms with Crippen LogP contribution in [0.2, 0.25) is 0 Å². The molecule has 4 heteroatoms. The third-order valence-electron chi connectivity index (χ3n) is 6.59. The maximum atomic E-state index is 12.8. The van der Waals surface area contributed by atoms with Crippen molar-refractivity contribution < 1.29 is 14.3 Å². The molecule has 0 N–H and O–H groups in total. The maximum absolute atomic E-state index is 12.8. The molecule has 4 nitrogen and oxygen atoms in total. The molecule has 1 aromatic carbocycles. The van der Waals surface area contributed by atoms with E-state index in [4.69, 9.17) is 4.74 Å². The van der Waals surface area contributed by atoms with Crippen LogP contribution in [0.4, 0.5) is 0 Å². The molecule has 1 amide bonds. The van der Waals surface area contributed by atoms with Crippen molar-refractivity contribution in [2.75, 3.05) is 13.1 Å². The van der Waals surface area contributed by atoms with Gasteiger partial charge in [0.25, 0.3) is 0 Å². The first-order valence-electron chi connectivity index (χ1n) is 9.21. The molecule has 0 unspecified atom stereocenters. The highest BCUT2D eigenvalue weighted by molar-refractivity contribution is 6.01. The number of carbonyl (C=O) groups excluding carboxylic acids is 2. The smallest absolute Gasteiger partial charge is 0.226 e. The topological polar surface area (TPSA) is 46.6 Å². The Balaban J connectivity index is 1.42. The average molecular weight is 325 g/mol. The molecule has 2 saturated carbocycles. The van der Waals surface area contributed by atoms with Crippen molar-refractivity contribution in [2.24, 2.45) is 17.8 Å². The lowest BCUT2D eigenvalue weighted by atomic mass is 9.84. The molecular weight excluding hydrogens is 302 g/mol. The molecule has 126 valence electrons. The molecule has 0 bridgehead atoms. The van der Waals surface area contributed by atoms with Crippen LogP contribution in [-0.2, 0) is 4.79 Å². The minimum absolute atomic E-state index is 0.0941. The Bertz CT molecular complexity index is 736. The number of fused-ring (bicyclic) bond motifs is 3. The molecule has 4 atom stereocenters. The fraction of sp³-hybridized carbons (Fsp3) is 0.600. The Morgan fingerprint density at radius 2 is 2.08 bits per heavy atom. The highest BCUT2D eigenvalue weighted by Crippen LogP contribution is 2.66. The number of ether oxygens (including phenoxy) is 1. The van der Waals surface area contributed by atoms with Crippen LogP contribution in [0.25, 0.3) is 0 Å². The predicted octanol–water partition coefficient (Wildman–Crippen LogP) is 2.98. The normalized spacial score (nSPS) is 36.5. The molecular formula is C20H23NO3. The molecule has 1 aromatic rings. The first-order valence-corrected chi connectivity index (χ1v) is 9.21. The van der Waals surface area contributed by atoms with Crippen molar-refractivity contribution in [3.8, 4) is 5.75 Å². The number of aryl methyl sites for hydroxylation is 1. The number of benzene rings is 1. The van der Waals surface area contributed by atoms with Gasteiger partial charge in [-0.05, 0) is 50.7 Å². The summed E-state index contributed by atoms with van der Waals surface area (Å²) in [5.74, 6) is 1.97. The van der Waals surface area contributed by atoms with E-state index in [1.54, 1.807) is 0 Å². The lowest BCUT2D eigenvalue weighted by Gasteiger charge is -2.37. The average Bonchev–Trinajstić information content (AvgIpc) is 2.90. The second-order valence-corrected chi connectivity index (χ2v) is 8.05. The quantitative estimate of drug-likeness (QED) is 0.797. The maximum Gasteiger partial charge on any atom is 0.226 e. The highest BCUT2D eigenvalue weighted by atomic mass is 16.5. The van der Waals surface area contributed by atoms with Crippen LogP contribution in [0.3, 0.4) is 0 Å². The molecule has 1 saturated heterocycles. The van der Waals surface area contributed by atoms with Crippen molar-refractivity contribution in [2.45, 2.75) is 44.6 Å². The van der Waals surface area contributed by atoms with Crippen molar-refractivity contribution in [1.82, 2.24) is 4.90 Å². The lowest BCUT2D eigenvalue weighted by Crippen LogP contribution is -2.44. The number of nitrogens with zero attached hydrogens (tertiary/aromatic N) is 1. The van der Waals surface area contributed by atoms with Crippen LogP contribution in [0.15, 0.2) is 18.2 Å². The molecule has 3 fully saturated rings. The fourth-order valence-corrected chi connectivity index (χ4v) is 5.41. The van der Waals surface area contributed by atoms with E-state index in [9.17, 15) is 9.59 Å². The van der Waals surface area contributed by atoms with Crippen LogP contribution >= 0.6 is 0 Å². The van der Waals surface area contributed by atoms with E-state index < -0.39 is 5.60 Å². The third kappa shape index (κ3) is 1.92. The minimum Gasteiger partial charge on any atom is -0.486 e. The van der Waals surface area contributed by atoms with Crippen LogP contribution in [0, 0.1) is 24.7 Å². The van der Waals surface area contributed by atoms with Crippen LogP contribution in [0.5, 0.6) is 5.75 Å². The Hall–Kier alpha value is -1.84. The summed E-state index contributed by atoms with van der Waals surface area (Å²) < 4.78 is 6.41. The highest BCUT2D eigenvalue weighted by Gasteiger charge is 2.71. The Kier molecular flexibility index (Phi) is 2.92. The first-order chi connectivity index (χ1) is 11.6. The summed E-state index contributed by atoms with van der Waals surface area (Å²) in [7, 11) is 0. The monoisotopic (exact) mass is 325 g/mol. The fourth-order valence-electron chi connectivity index (χ4n) is 5.41. The van der Waals surface area contributed by atoms with E-state index in [0.717, 1.165) is 50.1 Å². The zero-order valence-electron chi connectivity index (χ0n) is 14.1. The second kappa shape index (κ2) is 4.84. The standard InChI is InChI=1S/C20H23NO3/c1-12-4-5-16-14(10-12)15(22)11-20(24-16)7-6-13-17(18(13)20)19(23)21-8-2-3-9-21/h4-5,10,13,17-18H,2-3,6-9,11H2,1H3/t13-,17-,18+,20+/m1/s1. The number of amides is 1. The summed E-state index contributed by atoms with van der Waals surface area (Å²) in [5, 5.41) is 0. The SMILES string of the molecule is Cc1ccc2c(c1)C(=O)C[C@]1(CC[C@@H]3[C@@H](C(=O)N4CCCC4)[C@H]31)O2. The lowest BCUT2D eigenvalue weighted by molar-refractivity contribution is -0.133. The van der Waals surface area contributed by atoms with E-state index in [-0.39, 0.29) is 17.6 Å².